The number of nitrogens with zero attached hydrogens (tertiary/aromatic N) is 3. The number of ether oxygens (including phenoxy) is 1. The Hall–Kier alpha value is -2.41. The summed E-state index contributed by atoms with van der Waals surface area (Å²) >= 11 is 0. The highest BCUT2D eigenvalue weighted by Crippen LogP contribution is 2.26. The van der Waals surface area contributed by atoms with Crippen molar-refractivity contribution in [3.8, 4) is 5.75 Å². The number of aromatic nitrogens is 3. The van der Waals surface area contributed by atoms with Crippen LogP contribution < -0.4 is 10.1 Å². The van der Waals surface area contributed by atoms with Crippen LogP contribution in [0.5, 0.6) is 5.75 Å². The third-order valence-electron chi connectivity index (χ3n) is 4.73. The van der Waals surface area contributed by atoms with E-state index in [0.29, 0.717) is 17.9 Å². The van der Waals surface area contributed by atoms with Crippen LogP contribution in [0.1, 0.15) is 47.1 Å². The highest BCUT2D eigenvalue weighted by molar-refractivity contribution is 5.93. The highest BCUT2D eigenvalue weighted by atomic mass is 16.5. The van der Waals surface area contributed by atoms with Crippen molar-refractivity contribution in [2.24, 2.45) is 0 Å². The van der Waals surface area contributed by atoms with Crippen molar-refractivity contribution in [3.05, 3.63) is 41.2 Å². The summed E-state index contributed by atoms with van der Waals surface area (Å²) in [6.45, 7) is 4.41. The van der Waals surface area contributed by atoms with Crippen molar-refractivity contribution in [2.45, 2.75) is 32.2 Å². The standard InChI is InChI=1S/C18H25N5O2/c1-13-17(21-22-20-13)18(24)19-12-16(23-10-4-3-5-11-23)14-6-8-15(25-2)9-7-14/h6-9,16H,3-5,10-12H2,1-2H3,(H,19,24)(H,20,21,22)/t16-/m0/s1. The molecule has 7 heteroatoms. The molecule has 0 aliphatic carbocycles. The van der Waals surface area contributed by atoms with Gasteiger partial charge in [-0.25, -0.2) is 0 Å². The zero-order chi connectivity index (χ0) is 17.6. The summed E-state index contributed by atoms with van der Waals surface area (Å²) in [7, 11) is 1.66. The van der Waals surface area contributed by atoms with Crippen molar-refractivity contribution in [1.82, 2.24) is 25.6 Å². The fourth-order valence-corrected chi connectivity index (χ4v) is 3.29. The number of H-pyrrole nitrogens is 1. The average Bonchev–Trinajstić information content (AvgIpc) is 3.09. The van der Waals surface area contributed by atoms with Crippen molar-refractivity contribution in [3.63, 3.8) is 0 Å². The molecule has 0 radical (unpaired) electrons. The number of likely N-dealkylation sites (tertiary alicyclic amines) is 1. The quantitative estimate of drug-likeness (QED) is 0.839. The van der Waals surface area contributed by atoms with Crippen LogP contribution in [0.2, 0.25) is 0 Å². The van der Waals surface area contributed by atoms with E-state index in [9.17, 15) is 4.79 Å². The van der Waals surface area contributed by atoms with E-state index in [-0.39, 0.29) is 11.9 Å². The number of hydrogen-bond donors (Lipinski definition) is 2. The molecular weight excluding hydrogens is 318 g/mol. The Morgan fingerprint density at radius 1 is 1.24 bits per heavy atom. The summed E-state index contributed by atoms with van der Waals surface area (Å²) < 4.78 is 5.25. The second-order valence-electron chi connectivity index (χ2n) is 6.35. The van der Waals surface area contributed by atoms with E-state index in [4.69, 9.17) is 4.74 Å². The van der Waals surface area contributed by atoms with E-state index in [1.807, 2.05) is 12.1 Å². The maximum atomic E-state index is 12.4. The molecule has 2 N–H and O–H groups in total. The van der Waals surface area contributed by atoms with Crippen molar-refractivity contribution >= 4 is 5.91 Å². The summed E-state index contributed by atoms with van der Waals surface area (Å²) in [4.78, 5) is 14.8. The predicted octanol–water partition coefficient (Wildman–Crippen LogP) is 2.08. The minimum atomic E-state index is -0.193. The molecule has 1 atom stereocenters. The van der Waals surface area contributed by atoms with Gasteiger partial charge in [0.25, 0.3) is 5.91 Å². The van der Waals surface area contributed by atoms with E-state index >= 15 is 0 Å². The number of carbonyl (C=O) groups is 1. The summed E-state index contributed by atoms with van der Waals surface area (Å²) in [6.07, 6.45) is 3.67. The molecule has 134 valence electrons. The first-order valence-corrected chi connectivity index (χ1v) is 8.72. The lowest BCUT2D eigenvalue weighted by Gasteiger charge is -2.35. The number of piperidine rings is 1. The van der Waals surface area contributed by atoms with Gasteiger partial charge in [-0.1, -0.05) is 18.6 Å². The first-order valence-electron chi connectivity index (χ1n) is 8.72. The lowest BCUT2D eigenvalue weighted by atomic mass is 10.0. The minimum Gasteiger partial charge on any atom is -0.497 e. The molecule has 7 nitrogen and oxygen atoms in total. The van der Waals surface area contributed by atoms with E-state index in [2.05, 4.69) is 37.8 Å². The number of aryl methyl sites for hydroxylation is 1. The van der Waals surface area contributed by atoms with Gasteiger partial charge in [0.1, 0.15) is 5.75 Å². The van der Waals surface area contributed by atoms with Crippen molar-refractivity contribution < 1.29 is 9.53 Å². The third kappa shape index (κ3) is 4.17. The Labute approximate surface area is 147 Å². The Balaban J connectivity index is 1.73. The summed E-state index contributed by atoms with van der Waals surface area (Å²) in [5.41, 5.74) is 2.14. The number of methoxy groups -OCH3 is 1. The van der Waals surface area contributed by atoms with Gasteiger partial charge in [-0.05, 0) is 50.6 Å². The zero-order valence-electron chi connectivity index (χ0n) is 14.8. The Kier molecular flexibility index (Phi) is 5.65. The number of nitrogens with one attached hydrogen (secondary N) is 2. The number of hydrogen-bond acceptors (Lipinski definition) is 5. The molecule has 2 aromatic rings. The first-order chi connectivity index (χ1) is 12.2. The van der Waals surface area contributed by atoms with Crippen molar-refractivity contribution in [1.29, 1.82) is 0 Å². The van der Waals surface area contributed by atoms with Crippen LogP contribution in [0.25, 0.3) is 0 Å². The van der Waals surface area contributed by atoms with Gasteiger partial charge in [-0.3, -0.25) is 9.69 Å². The van der Waals surface area contributed by atoms with Gasteiger partial charge in [0.05, 0.1) is 18.8 Å². The molecule has 1 aromatic heterocycles. The van der Waals surface area contributed by atoms with Crippen molar-refractivity contribution in [2.75, 3.05) is 26.7 Å². The molecule has 1 fully saturated rings. The Morgan fingerprint density at radius 2 is 1.96 bits per heavy atom. The second kappa shape index (κ2) is 8.11. The van der Waals surface area contributed by atoms with E-state index in [0.717, 1.165) is 18.8 Å². The molecule has 0 bridgehead atoms. The number of benzene rings is 1. The Bertz CT molecular complexity index is 692. The molecule has 1 aliphatic heterocycles. The normalized spacial score (nSPS) is 16.4. The molecule has 25 heavy (non-hydrogen) atoms. The van der Waals surface area contributed by atoms with Gasteiger partial charge in [-0.15, -0.1) is 0 Å². The van der Waals surface area contributed by atoms with Gasteiger partial charge >= 0.3 is 0 Å². The lowest BCUT2D eigenvalue weighted by Crippen LogP contribution is -2.40. The molecule has 3 rings (SSSR count). The molecule has 1 saturated heterocycles. The van der Waals surface area contributed by atoms with Gasteiger partial charge in [0, 0.05) is 6.54 Å². The zero-order valence-corrected chi connectivity index (χ0v) is 14.8. The number of amides is 1. The van der Waals surface area contributed by atoms with E-state index < -0.39 is 0 Å². The van der Waals surface area contributed by atoms with Crippen LogP contribution in [0.15, 0.2) is 24.3 Å². The predicted molar refractivity (Wildman–Crippen MR) is 94.6 cm³/mol. The maximum absolute atomic E-state index is 12.4. The molecule has 0 spiro atoms. The highest BCUT2D eigenvalue weighted by Gasteiger charge is 2.24. The molecule has 0 saturated carbocycles. The minimum absolute atomic E-state index is 0.141. The Morgan fingerprint density at radius 3 is 2.56 bits per heavy atom. The lowest BCUT2D eigenvalue weighted by molar-refractivity contribution is 0.0919. The molecule has 1 aromatic carbocycles. The maximum Gasteiger partial charge on any atom is 0.273 e. The van der Waals surface area contributed by atoms with Gasteiger partial charge in [-0.2, -0.15) is 15.4 Å². The van der Waals surface area contributed by atoms with Gasteiger partial charge < -0.3 is 10.1 Å². The number of aromatic amines is 1. The van der Waals surface area contributed by atoms with Crippen LogP contribution in [0.3, 0.4) is 0 Å². The number of rotatable bonds is 6. The van der Waals surface area contributed by atoms with Crippen LogP contribution in [-0.4, -0.2) is 53.0 Å². The number of carbonyl (C=O) groups excluding carboxylic acids is 1. The largest absolute Gasteiger partial charge is 0.497 e. The molecular formula is C18H25N5O2. The molecule has 1 aliphatic rings. The van der Waals surface area contributed by atoms with Crippen LogP contribution >= 0.6 is 0 Å². The first kappa shape index (κ1) is 17.4. The fourth-order valence-electron chi connectivity index (χ4n) is 3.29. The van der Waals surface area contributed by atoms with E-state index in [1.165, 1.54) is 24.8 Å². The summed E-state index contributed by atoms with van der Waals surface area (Å²) in [5.74, 6) is 0.644. The average molecular weight is 343 g/mol. The fraction of sp³-hybridized carbons (Fsp3) is 0.500. The summed E-state index contributed by atoms with van der Waals surface area (Å²) in [6, 6.07) is 8.23. The SMILES string of the molecule is COc1ccc([C@H](CNC(=O)c2n[nH]nc2C)N2CCCCC2)cc1. The smallest absolute Gasteiger partial charge is 0.273 e. The van der Waals surface area contributed by atoms with Gasteiger partial charge in [0.15, 0.2) is 5.69 Å². The van der Waals surface area contributed by atoms with Crippen LogP contribution in [0.4, 0.5) is 0 Å². The van der Waals surface area contributed by atoms with Gasteiger partial charge in [0.2, 0.25) is 0 Å². The molecule has 1 amide bonds. The van der Waals surface area contributed by atoms with Crippen LogP contribution in [-0.2, 0) is 0 Å². The topological polar surface area (TPSA) is 83.1 Å². The summed E-state index contributed by atoms with van der Waals surface area (Å²) in [5, 5.41) is 13.3. The monoisotopic (exact) mass is 343 g/mol. The van der Waals surface area contributed by atoms with E-state index in [1.54, 1.807) is 14.0 Å². The van der Waals surface area contributed by atoms with Crippen LogP contribution in [0, 0.1) is 6.92 Å². The molecule has 2 heterocycles. The second-order valence-corrected chi connectivity index (χ2v) is 6.35. The third-order valence-corrected chi connectivity index (χ3v) is 4.73. The molecule has 0 unspecified atom stereocenters.